The minimum Gasteiger partial charge on any atom is -0.354 e. The molecule has 0 saturated carbocycles. The minimum atomic E-state index is 0.389. The molecule has 1 aromatic heterocycles. The molecule has 0 aliphatic carbocycles. The van der Waals surface area contributed by atoms with Gasteiger partial charge in [0.15, 0.2) is 0 Å². The number of piperazine rings is 1. The predicted octanol–water partition coefficient (Wildman–Crippen LogP) is 1.93. The molecule has 27 heavy (non-hydrogen) atoms. The monoisotopic (exact) mass is 366 g/mol. The zero-order valence-corrected chi connectivity index (χ0v) is 16.4. The molecule has 0 spiro atoms. The molecule has 2 aliphatic rings. The Kier molecular flexibility index (Phi) is 5.66. The van der Waals surface area contributed by atoms with E-state index in [9.17, 15) is 0 Å². The summed E-state index contributed by atoms with van der Waals surface area (Å²) in [6.45, 7) is 10.5. The summed E-state index contributed by atoms with van der Waals surface area (Å²) in [6.07, 6.45) is 2.97. The van der Waals surface area contributed by atoms with Crippen LogP contribution in [0.5, 0.6) is 0 Å². The van der Waals surface area contributed by atoms with E-state index in [1.807, 2.05) is 13.1 Å². The summed E-state index contributed by atoms with van der Waals surface area (Å²) < 4.78 is 0. The van der Waals surface area contributed by atoms with E-state index in [1.54, 1.807) is 0 Å². The van der Waals surface area contributed by atoms with Crippen molar-refractivity contribution in [1.29, 1.82) is 0 Å². The van der Waals surface area contributed by atoms with E-state index in [0.29, 0.717) is 12.0 Å². The quantitative estimate of drug-likeness (QED) is 0.843. The van der Waals surface area contributed by atoms with Crippen molar-refractivity contribution < 1.29 is 0 Å². The normalized spacial score (nSPS) is 23.7. The Morgan fingerprint density at radius 1 is 1.11 bits per heavy atom. The van der Waals surface area contributed by atoms with E-state index in [1.165, 1.54) is 11.1 Å². The third-order valence-electron chi connectivity index (χ3n) is 5.76. The van der Waals surface area contributed by atoms with Gasteiger partial charge in [0, 0.05) is 56.9 Å². The molecule has 2 saturated heterocycles. The second-order valence-electron chi connectivity index (χ2n) is 7.58. The molecule has 1 aromatic carbocycles. The van der Waals surface area contributed by atoms with Crippen molar-refractivity contribution in [2.75, 3.05) is 44.2 Å². The highest BCUT2D eigenvalue weighted by Crippen LogP contribution is 2.26. The highest BCUT2D eigenvalue weighted by molar-refractivity contribution is 5.46. The number of hydrogen-bond donors (Lipinski definition) is 2. The van der Waals surface area contributed by atoms with Gasteiger partial charge >= 0.3 is 0 Å². The summed E-state index contributed by atoms with van der Waals surface area (Å²) in [7, 11) is 0. The fraction of sp³-hybridized carbons (Fsp3) is 0.524. The molecule has 6 nitrogen and oxygen atoms in total. The lowest BCUT2D eigenvalue weighted by molar-refractivity contribution is 0.214. The van der Waals surface area contributed by atoms with Gasteiger partial charge in [-0.25, -0.2) is 15.4 Å². The first-order valence-corrected chi connectivity index (χ1v) is 10.1. The highest BCUT2D eigenvalue weighted by Gasteiger charge is 2.31. The molecule has 2 unspecified atom stereocenters. The van der Waals surface area contributed by atoms with Crippen LogP contribution in [-0.4, -0.2) is 54.1 Å². The van der Waals surface area contributed by atoms with Crippen LogP contribution in [0.25, 0.3) is 0 Å². The fourth-order valence-electron chi connectivity index (χ4n) is 4.20. The standard InChI is InChI=1S/C21H30N6/c1-3-17-13-22-16(2)24-21(17)27-11-9-26(10-12-27)15-19-14-23-25-20(19)18-7-5-4-6-8-18/h4-8,13,19-20,23,25H,3,9-12,14-15H2,1-2H3. The van der Waals surface area contributed by atoms with Gasteiger partial charge in [0.1, 0.15) is 11.6 Å². The van der Waals surface area contributed by atoms with Crippen molar-refractivity contribution in [3.8, 4) is 0 Å². The molecule has 2 atom stereocenters. The minimum absolute atomic E-state index is 0.389. The number of hydrogen-bond acceptors (Lipinski definition) is 6. The number of rotatable bonds is 5. The molecule has 2 N–H and O–H groups in total. The summed E-state index contributed by atoms with van der Waals surface area (Å²) >= 11 is 0. The van der Waals surface area contributed by atoms with Crippen LogP contribution < -0.4 is 15.8 Å². The van der Waals surface area contributed by atoms with Gasteiger partial charge in [0.05, 0.1) is 6.04 Å². The largest absolute Gasteiger partial charge is 0.354 e. The van der Waals surface area contributed by atoms with Gasteiger partial charge in [0.25, 0.3) is 0 Å². The Bertz CT molecular complexity index is 742. The topological polar surface area (TPSA) is 56.3 Å². The van der Waals surface area contributed by atoms with Crippen LogP contribution in [0.3, 0.4) is 0 Å². The third kappa shape index (κ3) is 4.13. The smallest absolute Gasteiger partial charge is 0.135 e. The fourth-order valence-corrected chi connectivity index (χ4v) is 4.20. The predicted molar refractivity (Wildman–Crippen MR) is 109 cm³/mol. The van der Waals surface area contributed by atoms with Crippen LogP contribution in [0.1, 0.15) is 29.9 Å². The van der Waals surface area contributed by atoms with E-state index in [4.69, 9.17) is 4.98 Å². The number of benzene rings is 1. The molecule has 0 amide bonds. The summed E-state index contributed by atoms with van der Waals surface area (Å²) in [6, 6.07) is 11.2. The number of nitrogens with zero attached hydrogens (tertiary/aromatic N) is 4. The maximum Gasteiger partial charge on any atom is 0.135 e. The lowest BCUT2D eigenvalue weighted by atomic mass is 9.94. The SMILES string of the molecule is CCc1cnc(C)nc1N1CCN(CC2CNNC2c2ccccc2)CC1. The Morgan fingerprint density at radius 2 is 1.89 bits per heavy atom. The molecule has 6 heteroatoms. The summed E-state index contributed by atoms with van der Waals surface area (Å²) in [5, 5.41) is 0. The zero-order valence-electron chi connectivity index (χ0n) is 16.4. The van der Waals surface area contributed by atoms with Crippen LogP contribution in [0, 0.1) is 12.8 Å². The first-order valence-electron chi connectivity index (χ1n) is 10.1. The van der Waals surface area contributed by atoms with Crippen molar-refractivity contribution >= 4 is 5.82 Å². The molecule has 0 radical (unpaired) electrons. The highest BCUT2D eigenvalue weighted by atomic mass is 15.4. The molecule has 4 rings (SSSR count). The molecule has 2 aliphatic heterocycles. The second-order valence-corrected chi connectivity index (χ2v) is 7.58. The first kappa shape index (κ1) is 18.3. The maximum atomic E-state index is 4.72. The van der Waals surface area contributed by atoms with Crippen molar-refractivity contribution in [2.45, 2.75) is 26.3 Å². The van der Waals surface area contributed by atoms with Gasteiger partial charge in [-0.3, -0.25) is 10.3 Å². The zero-order chi connectivity index (χ0) is 18.6. The second kappa shape index (κ2) is 8.33. The molecular formula is C21H30N6. The molecule has 0 bridgehead atoms. The number of aryl methyl sites for hydroxylation is 2. The Morgan fingerprint density at radius 3 is 2.63 bits per heavy atom. The van der Waals surface area contributed by atoms with E-state index >= 15 is 0 Å². The van der Waals surface area contributed by atoms with Gasteiger partial charge in [-0.2, -0.15) is 0 Å². The van der Waals surface area contributed by atoms with Crippen molar-refractivity contribution in [3.05, 3.63) is 53.5 Å². The molecule has 144 valence electrons. The Labute approximate surface area is 162 Å². The van der Waals surface area contributed by atoms with Gasteiger partial charge in [0.2, 0.25) is 0 Å². The number of hydrazine groups is 1. The lowest BCUT2D eigenvalue weighted by Gasteiger charge is -2.37. The van der Waals surface area contributed by atoms with Gasteiger partial charge < -0.3 is 4.90 Å². The van der Waals surface area contributed by atoms with Crippen LogP contribution in [0.15, 0.2) is 36.5 Å². The van der Waals surface area contributed by atoms with Crippen LogP contribution in [0.2, 0.25) is 0 Å². The maximum absolute atomic E-state index is 4.72. The average Bonchev–Trinajstić information content (AvgIpc) is 3.17. The number of nitrogens with one attached hydrogen (secondary N) is 2. The van der Waals surface area contributed by atoms with Crippen LogP contribution in [0.4, 0.5) is 5.82 Å². The third-order valence-corrected chi connectivity index (χ3v) is 5.76. The Balaban J connectivity index is 1.37. The molecule has 2 fully saturated rings. The van der Waals surface area contributed by atoms with Gasteiger partial charge in [-0.05, 0) is 18.9 Å². The summed E-state index contributed by atoms with van der Waals surface area (Å²) in [4.78, 5) is 14.1. The van der Waals surface area contributed by atoms with Crippen molar-refractivity contribution in [2.24, 2.45) is 5.92 Å². The van der Waals surface area contributed by atoms with E-state index in [2.05, 4.69) is 62.9 Å². The molecule has 2 aromatic rings. The number of aromatic nitrogens is 2. The van der Waals surface area contributed by atoms with E-state index in [0.717, 1.165) is 57.3 Å². The van der Waals surface area contributed by atoms with Crippen molar-refractivity contribution in [1.82, 2.24) is 25.7 Å². The van der Waals surface area contributed by atoms with Gasteiger partial charge in [-0.15, -0.1) is 0 Å². The molecular weight excluding hydrogens is 336 g/mol. The molecule has 3 heterocycles. The average molecular weight is 367 g/mol. The van der Waals surface area contributed by atoms with Crippen LogP contribution >= 0.6 is 0 Å². The van der Waals surface area contributed by atoms with Crippen LogP contribution in [-0.2, 0) is 6.42 Å². The van der Waals surface area contributed by atoms with E-state index in [-0.39, 0.29) is 0 Å². The summed E-state index contributed by atoms with van der Waals surface area (Å²) in [5.41, 5.74) is 9.45. The number of anilines is 1. The first-order chi connectivity index (χ1) is 13.2. The van der Waals surface area contributed by atoms with E-state index < -0.39 is 0 Å². The summed E-state index contributed by atoms with van der Waals surface area (Å²) in [5.74, 6) is 2.58. The lowest BCUT2D eigenvalue weighted by Crippen LogP contribution is -2.49. The van der Waals surface area contributed by atoms with Crippen molar-refractivity contribution in [3.63, 3.8) is 0 Å². The van der Waals surface area contributed by atoms with Gasteiger partial charge in [-0.1, -0.05) is 37.3 Å². The Hall–Kier alpha value is -2.02.